The molecule has 1 atom stereocenters. The monoisotopic (exact) mass is 348 g/mol. The average Bonchev–Trinajstić information content (AvgIpc) is 2.46. The lowest BCUT2D eigenvalue weighted by Crippen LogP contribution is -2.47. The Kier molecular flexibility index (Phi) is 3.56. The van der Waals surface area contributed by atoms with Crippen LogP contribution in [0.4, 0.5) is 0 Å². The normalized spacial score (nSPS) is 38.5. The molecule has 1 aromatic rings. The molecule has 0 saturated heterocycles. The standard InChI is InChI=1S/C19H25BrO/c1-2-21-17-5-3-16(4-6-17)18(20)19-10-13-7-14(11-19)9-15(8-13)12-19/h3-6,13-15,18H,2,7-12H2,1H3. The minimum atomic E-state index is 0.522. The Labute approximate surface area is 136 Å². The molecule has 21 heavy (non-hydrogen) atoms. The van der Waals surface area contributed by atoms with Gasteiger partial charge in [0.1, 0.15) is 5.75 Å². The van der Waals surface area contributed by atoms with E-state index in [1.807, 2.05) is 6.92 Å². The average molecular weight is 349 g/mol. The van der Waals surface area contributed by atoms with E-state index in [4.69, 9.17) is 4.74 Å². The molecule has 4 aliphatic carbocycles. The summed E-state index contributed by atoms with van der Waals surface area (Å²) in [6, 6.07) is 8.80. The molecule has 4 bridgehead atoms. The van der Waals surface area contributed by atoms with Gasteiger partial charge < -0.3 is 4.74 Å². The summed E-state index contributed by atoms with van der Waals surface area (Å²) in [5.41, 5.74) is 1.97. The Morgan fingerprint density at radius 1 is 1.05 bits per heavy atom. The molecular weight excluding hydrogens is 324 g/mol. The Morgan fingerprint density at radius 3 is 2.05 bits per heavy atom. The van der Waals surface area contributed by atoms with Crippen LogP contribution >= 0.6 is 15.9 Å². The van der Waals surface area contributed by atoms with Gasteiger partial charge in [0.2, 0.25) is 0 Å². The number of benzene rings is 1. The zero-order chi connectivity index (χ0) is 14.4. The summed E-state index contributed by atoms with van der Waals surface area (Å²) in [6.45, 7) is 2.78. The van der Waals surface area contributed by atoms with E-state index in [2.05, 4.69) is 40.2 Å². The maximum absolute atomic E-state index is 5.57. The van der Waals surface area contributed by atoms with Gasteiger partial charge in [-0.2, -0.15) is 0 Å². The third-order valence-electron chi connectivity index (χ3n) is 6.11. The first kappa shape index (κ1) is 14.1. The SMILES string of the molecule is CCOc1ccc(C(Br)C23CC4CC(CC(C4)C2)C3)cc1. The molecule has 0 amide bonds. The van der Waals surface area contributed by atoms with Gasteiger partial charge in [-0.05, 0) is 86.3 Å². The van der Waals surface area contributed by atoms with Crippen LogP contribution in [0, 0.1) is 23.2 Å². The largest absolute Gasteiger partial charge is 0.494 e. The molecule has 114 valence electrons. The molecule has 0 aliphatic heterocycles. The fraction of sp³-hybridized carbons (Fsp3) is 0.684. The number of alkyl halides is 1. The summed E-state index contributed by atoms with van der Waals surface area (Å²) in [5.74, 6) is 4.03. The van der Waals surface area contributed by atoms with Gasteiger partial charge in [-0.1, -0.05) is 28.1 Å². The number of rotatable bonds is 4. The highest BCUT2D eigenvalue weighted by molar-refractivity contribution is 9.09. The lowest BCUT2D eigenvalue weighted by atomic mass is 9.48. The summed E-state index contributed by atoms with van der Waals surface area (Å²) in [7, 11) is 0. The van der Waals surface area contributed by atoms with Gasteiger partial charge in [0, 0.05) is 4.83 Å². The highest BCUT2D eigenvalue weighted by Gasteiger charge is 2.53. The Balaban J connectivity index is 1.57. The van der Waals surface area contributed by atoms with Gasteiger partial charge in [0.25, 0.3) is 0 Å². The van der Waals surface area contributed by atoms with Crippen LogP contribution in [0.25, 0.3) is 0 Å². The van der Waals surface area contributed by atoms with E-state index in [9.17, 15) is 0 Å². The maximum atomic E-state index is 5.57. The van der Waals surface area contributed by atoms with Crippen molar-refractivity contribution < 1.29 is 4.74 Å². The van der Waals surface area contributed by atoms with Crippen molar-refractivity contribution in [2.24, 2.45) is 23.2 Å². The minimum Gasteiger partial charge on any atom is -0.494 e. The van der Waals surface area contributed by atoms with Crippen LogP contribution in [0.1, 0.15) is 55.8 Å². The van der Waals surface area contributed by atoms with E-state index >= 15 is 0 Å². The summed E-state index contributed by atoms with van der Waals surface area (Å²) in [5, 5.41) is 0. The smallest absolute Gasteiger partial charge is 0.119 e. The van der Waals surface area contributed by atoms with Crippen molar-refractivity contribution >= 4 is 15.9 Å². The van der Waals surface area contributed by atoms with E-state index < -0.39 is 0 Å². The van der Waals surface area contributed by atoms with Crippen LogP contribution in [0.2, 0.25) is 0 Å². The van der Waals surface area contributed by atoms with E-state index in [1.165, 1.54) is 44.1 Å². The molecule has 4 fully saturated rings. The number of halogens is 1. The van der Waals surface area contributed by atoms with Gasteiger partial charge in [0.05, 0.1) is 6.61 Å². The zero-order valence-corrected chi connectivity index (χ0v) is 14.4. The van der Waals surface area contributed by atoms with Crippen molar-refractivity contribution in [3.8, 4) is 5.75 Å². The summed E-state index contributed by atoms with van der Waals surface area (Å²) in [4.78, 5) is 0.522. The summed E-state index contributed by atoms with van der Waals surface area (Å²) in [6.07, 6.45) is 8.89. The second-order valence-electron chi connectivity index (χ2n) is 7.64. The van der Waals surface area contributed by atoms with Crippen molar-refractivity contribution in [1.29, 1.82) is 0 Å². The van der Waals surface area contributed by atoms with Crippen molar-refractivity contribution in [3.63, 3.8) is 0 Å². The molecule has 4 saturated carbocycles. The Bertz CT molecular complexity index is 472. The molecule has 5 rings (SSSR count). The first-order valence-electron chi connectivity index (χ1n) is 8.55. The number of ether oxygens (including phenoxy) is 1. The number of hydrogen-bond donors (Lipinski definition) is 0. The molecule has 0 heterocycles. The third-order valence-corrected chi connectivity index (χ3v) is 7.61. The van der Waals surface area contributed by atoms with Crippen LogP contribution < -0.4 is 4.74 Å². The Hall–Kier alpha value is -0.500. The molecule has 1 aromatic carbocycles. The zero-order valence-electron chi connectivity index (χ0n) is 12.9. The lowest BCUT2D eigenvalue weighted by Gasteiger charge is -2.58. The topological polar surface area (TPSA) is 9.23 Å². The molecule has 4 aliphatic rings. The van der Waals surface area contributed by atoms with Crippen LogP contribution in [0.5, 0.6) is 5.75 Å². The van der Waals surface area contributed by atoms with Gasteiger partial charge in [-0.25, -0.2) is 0 Å². The molecular formula is C19H25BrO. The molecule has 2 heteroatoms. The quantitative estimate of drug-likeness (QED) is 0.630. The van der Waals surface area contributed by atoms with Crippen molar-refractivity contribution in [1.82, 2.24) is 0 Å². The van der Waals surface area contributed by atoms with Crippen LogP contribution in [-0.4, -0.2) is 6.61 Å². The van der Waals surface area contributed by atoms with E-state index in [0.29, 0.717) is 10.2 Å². The van der Waals surface area contributed by atoms with Gasteiger partial charge in [-0.15, -0.1) is 0 Å². The van der Waals surface area contributed by atoms with Crippen LogP contribution in [-0.2, 0) is 0 Å². The van der Waals surface area contributed by atoms with Gasteiger partial charge in [0.15, 0.2) is 0 Å². The lowest BCUT2D eigenvalue weighted by molar-refractivity contribution is -0.0528. The first-order valence-corrected chi connectivity index (χ1v) is 9.47. The van der Waals surface area contributed by atoms with Crippen molar-refractivity contribution in [2.45, 2.75) is 50.3 Å². The second-order valence-corrected chi connectivity index (χ2v) is 8.56. The first-order chi connectivity index (χ1) is 10.2. The fourth-order valence-corrected chi connectivity index (χ4v) is 6.61. The van der Waals surface area contributed by atoms with Crippen LogP contribution in [0.3, 0.4) is 0 Å². The molecule has 0 N–H and O–H groups in total. The minimum absolute atomic E-state index is 0.522. The molecule has 1 unspecified atom stereocenters. The fourth-order valence-electron chi connectivity index (χ4n) is 5.74. The maximum Gasteiger partial charge on any atom is 0.119 e. The van der Waals surface area contributed by atoms with Gasteiger partial charge in [-0.3, -0.25) is 0 Å². The highest BCUT2D eigenvalue weighted by atomic mass is 79.9. The van der Waals surface area contributed by atoms with Crippen LogP contribution in [0.15, 0.2) is 24.3 Å². The highest BCUT2D eigenvalue weighted by Crippen LogP contribution is 2.65. The van der Waals surface area contributed by atoms with Crippen molar-refractivity contribution in [2.75, 3.05) is 6.61 Å². The van der Waals surface area contributed by atoms with E-state index in [1.54, 1.807) is 0 Å². The molecule has 0 aromatic heterocycles. The molecule has 1 nitrogen and oxygen atoms in total. The Morgan fingerprint density at radius 2 is 1.57 bits per heavy atom. The summed E-state index contributed by atoms with van der Waals surface area (Å²) >= 11 is 4.10. The second kappa shape index (κ2) is 5.30. The van der Waals surface area contributed by atoms with E-state index in [-0.39, 0.29) is 0 Å². The number of hydrogen-bond acceptors (Lipinski definition) is 1. The van der Waals surface area contributed by atoms with Gasteiger partial charge >= 0.3 is 0 Å². The predicted octanol–water partition coefficient (Wildman–Crippen LogP) is 5.74. The molecule has 0 radical (unpaired) electrons. The molecule has 0 spiro atoms. The third kappa shape index (κ3) is 2.44. The van der Waals surface area contributed by atoms with E-state index in [0.717, 1.165) is 30.1 Å². The van der Waals surface area contributed by atoms with Crippen molar-refractivity contribution in [3.05, 3.63) is 29.8 Å². The predicted molar refractivity (Wildman–Crippen MR) is 89.9 cm³/mol. The summed E-state index contributed by atoms with van der Waals surface area (Å²) < 4.78 is 5.57.